The molecule has 28 heavy (non-hydrogen) atoms. The average molecular weight is 399 g/mol. The summed E-state index contributed by atoms with van der Waals surface area (Å²) in [6.45, 7) is 2.93. The summed E-state index contributed by atoms with van der Waals surface area (Å²) in [5.41, 5.74) is 1.27. The number of likely N-dealkylation sites (tertiary alicyclic amines) is 1. The molecule has 3 heterocycles. The Bertz CT molecular complexity index is 996. The zero-order valence-corrected chi connectivity index (χ0v) is 16.0. The lowest BCUT2D eigenvalue weighted by molar-refractivity contribution is 0.0708. The van der Waals surface area contributed by atoms with Gasteiger partial charge in [-0.05, 0) is 43.4 Å². The van der Waals surface area contributed by atoms with Crippen molar-refractivity contribution in [1.29, 1.82) is 0 Å². The topological polar surface area (TPSA) is 81.1 Å². The Morgan fingerprint density at radius 3 is 2.89 bits per heavy atom. The number of para-hydroxylation sites is 1. The van der Waals surface area contributed by atoms with Gasteiger partial charge >= 0.3 is 0 Å². The first-order chi connectivity index (χ1) is 13.6. The Labute approximate surface area is 165 Å². The summed E-state index contributed by atoms with van der Waals surface area (Å²) in [5, 5.41) is 3.92. The van der Waals surface area contributed by atoms with Crippen molar-refractivity contribution in [3.63, 3.8) is 0 Å². The number of ether oxygens (including phenoxy) is 1. The lowest BCUT2D eigenvalue weighted by atomic mass is 9.94. The minimum absolute atomic E-state index is 0.0469. The number of amides is 1. The van der Waals surface area contributed by atoms with Gasteiger partial charge in [-0.1, -0.05) is 16.6 Å². The third kappa shape index (κ3) is 3.70. The van der Waals surface area contributed by atoms with E-state index in [1.165, 1.54) is 12.3 Å². The molecule has 1 aromatic carbocycles. The number of nitrogens with zero attached hydrogens (tertiary/aromatic N) is 5. The van der Waals surface area contributed by atoms with Gasteiger partial charge in [0.2, 0.25) is 5.88 Å². The van der Waals surface area contributed by atoms with Crippen molar-refractivity contribution >= 4 is 17.4 Å². The molecule has 0 N–H and O–H groups in total. The molecule has 0 saturated carbocycles. The normalized spacial score (nSPS) is 16.8. The molecule has 1 unspecified atom stereocenters. The van der Waals surface area contributed by atoms with E-state index in [4.69, 9.17) is 4.74 Å². The number of carbonyl (C=O) groups excluding carboxylic acids is 1. The van der Waals surface area contributed by atoms with Crippen LogP contribution in [0.1, 0.15) is 39.8 Å². The van der Waals surface area contributed by atoms with Gasteiger partial charge in [-0.25, -0.2) is 9.37 Å². The second-order valence-corrected chi connectivity index (χ2v) is 7.31. The molecule has 1 aliphatic heterocycles. The van der Waals surface area contributed by atoms with Crippen LogP contribution in [0.25, 0.3) is 0 Å². The Morgan fingerprint density at radius 1 is 1.29 bits per heavy atom. The Hall–Kier alpha value is -2.94. The zero-order valence-electron chi connectivity index (χ0n) is 15.2. The number of rotatable bonds is 4. The molecule has 7 nitrogen and oxygen atoms in total. The van der Waals surface area contributed by atoms with E-state index in [0.717, 1.165) is 24.4 Å². The maximum absolute atomic E-state index is 14.0. The molecule has 0 spiro atoms. The molecule has 2 aromatic heterocycles. The van der Waals surface area contributed by atoms with E-state index < -0.39 is 5.82 Å². The largest absolute Gasteiger partial charge is 0.434 e. The van der Waals surface area contributed by atoms with Gasteiger partial charge in [-0.3, -0.25) is 9.78 Å². The van der Waals surface area contributed by atoms with Crippen LogP contribution in [-0.2, 0) is 0 Å². The molecule has 0 aliphatic carbocycles. The number of hydrogen-bond donors (Lipinski definition) is 0. The fourth-order valence-corrected chi connectivity index (χ4v) is 3.91. The number of aryl methyl sites for hydroxylation is 1. The van der Waals surface area contributed by atoms with E-state index in [9.17, 15) is 9.18 Å². The molecule has 1 aliphatic rings. The number of benzene rings is 1. The van der Waals surface area contributed by atoms with Crippen molar-refractivity contribution in [2.45, 2.75) is 25.7 Å². The molecule has 144 valence electrons. The predicted octanol–water partition coefficient (Wildman–Crippen LogP) is 3.59. The fourth-order valence-electron chi connectivity index (χ4n) is 3.28. The number of piperidine rings is 1. The van der Waals surface area contributed by atoms with Gasteiger partial charge in [0.25, 0.3) is 5.91 Å². The number of carbonyl (C=O) groups is 1. The monoisotopic (exact) mass is 399 g/mol. The predicted molar refractivity (Wildman–Crippen MR) is 101 cm³/mol. The summed E-state index contributed by atoms with van der Waals surface area (Å²) in [5.74, 6) is -0.221. The first-order valence-electron chi connectivity index (χ1n) is 8.95. The van der Waals surface area contributed by atoms with Crippen molar-refractivity contribution in [1.82, 2.24) is 24.5 Å². The quantitative estimate of drug-likeness (QED) is 0.667. The molecule has 0 radical (unpaired) electrons. The summed E-state index contributed by atoms with van der Waals surface area (Å²) < 4.78 is 23.5. The SMILES string of the molecule is Cc1nnsc1C(=O)N1CCCC(c2nccnc2Oc2ccccc2F)C1. The van der Waals surface area contributed by atoms with Gasteiger partial charge in [0.1, 0.15) is 10.6 Å². The highest BCUT2D eigenvalue weighted by Gasteiger charge is 2.30. The molecule has 1 atom stereocenters. The molecular weight excluding hydrogens is 381 g/mol. The molecule has 0 bridgehead atoms. The summed E-state index contributed by atoms with van der Waals surface area (Å²) in [6, 6.07) is 6.17. The van der Waals surface area contributed by atoms with Crippen LogP contribution in [0, 0.1) is 12.7 Å². The minimum atomic E-state index is -0.465. The van der Waals surface area contributed by atoms with Gasteiger partial charge < -0.3 is 9.64 Å². The molecule has 4 rings (SSSR count). The Balaban J connectivity index is 1.57. The molecule has 1 fully saturated rings. The molecular formula is C19H18FN5O2S. The van der Waals surface area contributed by atoms with Gasteiger partial charge in [-0.2, -0.15) is 0 Å². The van der Waals surface area contributed by atoms with E-state index in [-0.39, 0.29) is 23.5 Å². The highest BCUT2D eigenvalue weighted by atomic mass is 32.1. The third-order valence-electron chi connectivity index (χ3n) is 4.68. The van der Waals surface area contributed by atoms with Crippen LogP contribution in [0.15, 0.2) is 36.7 Å². The standard InChI is InChI=1S/C19H18FN5O2S/c1-12-17(28-24-23-12)19(26)25-10-4-5-13(11-25)16-18(22-9-8-21-16)27-15-7-3-2-6-14(15)20/h2-3,6-9,13H,4-5,10-11H2,1H3. The van der Waals surface area contributed by atoms with E-state index in [1.54, 1.807) is 36.2 Å². The van der Waals surface area contributed by atoms with E-state index >= 15 is 0 Å². The number of aromatic nitrogens is 4. The highest BCUT2D eigenvalue weighted by molar-refractivity contribution is 7.07. The Morgan fingerprint density at radius 2 is 2.11 bits per heavy atom. The fraction of sp³-hybridized carbons (Fsp3) is 0.316. The van der Waals surface area contributed by atoms with Crippen LogP contribution in [0.3, 0.4) is 0 Å². The van der Waals surface area contributed by atoms with Crippen molar-refractivity contribution in [2.75, 3.05) is 13.1 Å². The lowest BCUT2D eigenvalue weighted by Crippen LogP contribution is -2.39. The van der Waals surface area contributed by atoms with Gasteiger partial charge in [0, 0.05) is 31.4 Å². The summed E-state index contributed by atoms with van der Waals surface area (Å²) in [4.78, 5) is 23.8. The smallest absolute Gasteiger partial charge is 0.267 e. The second kappa shape index (κ2) is 7.97. The second-order valence-electron chi connectivity index (χ2n) is 6.56. The molecule has 9 heteroatoms. The van der Waals surface area contributed by atoms with Crippen molar-refractivity contribution in [3.05, 3.63) is 58.7 Å². The Kier molecular flexibility index (Phi) is 5.25. The number of halogens is 1. The van der Waals surface area contributed by atoms with Gasteiger partial charge in [0.15, 0.2) is 11.6 Å². The van der Waals surface area contributed by atoms with Crippen LogP contribution in [0.2, 0.25) is 0 Å². The van der Waals surface area contributed by atoms with Crippen molar-refractivity contribution in [2.24, 2.45) is 0 Å². The van der Waals surface area contributed by atoms with Crippen LogP contribution in [0.5, 0.6) is 11.6 Å². The van der Waals surface area contributed by atoms with Crippen LogP contribution < -0.4 is 4.74 Å². The van der Waals surface area contributed by atoms with Gasteiger partial charge in [-0.15, -0.1) is 5.10 Å². The van der Waals surface area contributed by atoms with E-state index in [0.29, 0.717) is 29.4 Å². The maximum Gasteiger partial charge on any atom is 0.267 e. The summed E-state index contributed by atoms with van der Waals surface area (Å²) in [6.07, 6.45) is 4.77. The van der Waals surface area contributed by atoms with Crippen molar-refractivity contribution in [3.8, 4) is 11.6 Å². The van der Waals surface area contributed by atoms with Crippen LogP contribution in [0.4, 0.5) is 4.39 Å². The first-order valence-corrected chi connectivity index (χ1v) is 9.72. The van der Waals surface area contributed by atoms with Crippen LogP contribution >= 0.6 is 11.5 Å². The molecule has 3 aromatic rings. The minimum Gasteiger partial charge on any atom is -0.434 e. The highest BCUT2D eigenvalue weighted by Crippen LogP contribution is 2.33. The van der Waals surface area contributed by atoms with E-state index in [2.05, 4.69) is 19.6 Å². The average Bonchev–Trinajstić information content (AvgIpc) is 3.15. The van der Waals surface area contributed by atoms with Crippen LogP contribution in [-0.4, -0.2) is 43.5 Å². The lowest BCUT2D eigenvalue weighted by Gasteiger charge is -2.32. The van der Waals surface area contributed by atoms with E-state index in [1.807, 2.05) is 0 Å². The summed E-state index contributed by atoms with van der Waals surface area (Å²) in [7, 11) is 0. The number of hydrogen-bond acceptors (Lipinski definition) is 7. The van der Waals surface area contributed by atoms with Gasteiger partial charge in [0.05, 0.1) is 5.69 Å². The summed E-state index contributed by atoms with van der Waals surface area (Å²) >= 11 is 1.11. The third-order valence-corrected chi connectivity index (χ3v) is 5.49. The molecule has 1 saturated heterocycles. The zero-order chi connectivity index (χ0) is 19.5. The molecule has 1 amide bonds. The van der Waals surface area contributed by atoms with Crippen molar-refractivity contribution < 1.29 is 13.9 Å². The maximum atomic E-state index is 14.0. The first kappa shape index (κ1) is 18.4.